The molecule has 0 bridgehead atoms. The molecular formula is C11H17NO3. The van der Waals surface area contributed by atoms with Crippen LogP contribution < -0.4 is 4.74 Å². The van der Waals surface area contributed by atoms with Gasteiger partial charge >= 0.3 is 0 Å². The Hall–Kier alpha value is -1.13. The van der Waals surface area contributed by atoms with E-state index in [1.54, 1.807) is 32.5 Å². The molecule has 84 valence electrons. The molecule has 0 saturated carbocycles. The molecule has 1 aromatic heterocycles. The molecule has 1 atom stereocenters. The van der Waals surface area contributed by atoms with Crippen LogP contribution in [0.3, 0.4) is 0 Å². The SMILES string of the molecule is CCOc1cncc(C(C)(O)COC)c1. The first kappa shape index (κ1) is 11.9. The molecule has 1 heterocycles. The summed E-state index contributed by atoms with van der Waals surface area (Å²) in [5.74, 6) is 0.659. The van der Waals surface area contributed by atoms with Crippen molar-refractivity contribution in [3.63, 3.8) is 0 Å². The Morgan fingerprint density at radius 1 is 1.47 bits per heavy atom. The first-order valence-electron chi connectivity index (χ1n) is 4.90. The van der Waals surface area contributed by atoms with Gasteiger partial charge in [0, 0.05) is 18.9 Å². The summed E-state index contributed by atoms with van der Waals surface area (Å²) in [6.07, 6.45) is 3.23. The summed E-state index contributed by atoms with van der Waals surface area (Å²) in [5.41, 5.74) is -0.343. The van der Waals surface area contributed by atoms with Gasteiger partial charge in [-0.15, -0.1) is 0 Å². The van der Waals surface area contributed by atoms with Crippen molar-refractivity contribution in [3.8, 4) is 5.75 Å². The van der Waals surface area contributed by atoms with E-state index in [2.05, 4.69) is 4.98 Å². The number of hydrogen-bond donors (Lipinski definition) is 1. The minimum Gasteiger partial charge on any atom is -0.492 e. The van der Waals surface area contributed by atoms with Gasteiger partial charge in [0.05, 0.1) is 19.4 Å². The Morgan fingerprint density at radius 3 is 2.80 bits per heavy atom. The minimum atomic E-state index is -1.03. The third-order valence-corrected chi connectivity index (χ3v) is 2.07. The first-order chi connectivity index (χ1) is 7.10. The fraction of sp³-hybridized carbons (Fsp3) is 0.545. The third-order valence-electron chi connectivity index (χ3n) is 2.07. The molecule has 0 spiro atoms. The molecule has 0 aliphatic rings. The number of pyridine rings is 1. The lowest BCUT2D eigenvalue weighted by Crippen LogP contribution is -2.27. The van der Waals surface area contributed by atoms with Crippen molar-refractivity contribution in [2.45, 2.75) is 19.4 Å². The lowest BCUT2D eigenvalue weighted by atomic mass is 9.99. The highest BCUT2D eigenvalue weighted by Crippen LogP contribution is 2.23. The number of aliphatic hydroxyl groups is 1. The minimum absolute atomic E-state index is 0.226. The molecule has 1 rings (SSSR count). The highest BCUT2D eigenvalue weighted by atomic mass is 16.5. The van der Waals surface area contributed by atoms with Crippen LogP contribution in [0.25, 0.3) is 0 Å². The summed E-state index contributed by atoms with van der Waals surface area (Å²) in [6.45, 7) is 4.39. The van der Waals surface area contributed by atoms with Gasteiger partial charge in [-0.25, -0.2) is 0 Å². The molecule has 0 amide bonds. The largest absolute Gasteiger partial charge is 0.492 e. The van der Waals surface area contributed by atoms with Gasteiger partial charge in [0.15, 0.2) is 0 Å². The molecule has 1 unspecified atom stereocenters. The zero-order chi connectivity index (χ0) is 11.3. The Bertz CT molecular complexity index is 312. The van der Waals surface area contributed by atoms with E-state index in [1.165, 1.54) is 0 Å². The highest BCUT2D eigenvalue weighted by molar-refractivity contribution is 5.27. The summed E-state index contributed by atoms with van der Waals surface area (Å²) in [4.78, 5) is 4.01. The predicted molar refractivity (Wildman–Crippen MR) is 56.9 cm³/mol. The molecule has 1 aromatic rings. The molecule has 0 aliphatic carbocycles. The Morgan fingerprint density at radius 2 is 2.20 bits per heavy atom. The molecule has 1 N–H and O–H groups in total. The van der Waals surface area contributed by atoms with Gasteiger partial charge in [0.2, 0.25) is 0 Å². The van der Waals surface area contributed by atoms with Crippen molar-refractivity contribution < 1.29 is 14.6 Å². The lowest BCUT2D eigenvalue weighted by Gasteiger charge is -2.22. The van der Waals surface area contributed by atoms with Crippen LogP contribution in [0.4, 0.5) is 0 Å². The third kappa shape index (κ3) is 3.18. The molecule has 0 aromatic carbocycles. The van der Waals surface area contributed by atoms with Crippen LogP contribution >= 0.6 is 0 Å². The maximum absolute atomic E-state index is 10.1. The number of ether oxygens (including phenoxy) is 2. The number of hydrogen-bond acceptors (Lipinski definition) is 4. The van der Waals surface area contributed by atoms with Crippen LogP contribution in [0.1, 0.15) is 19.4 Å². The van der Waals surface area contributed by atoms with Gasteiger partial charge in [-0.05, 0) is 19.9 Å². The predicted octanol–water partition coefficient (Wildman–Crippen LogP) is 1.33. The number of rotatable bonds is 5. The molecule has 0 radical (unpaired) electrons. The van der Waals surface area contributed by atoms with E-state index in [1.807, 2.05) is 6.92 Å². The van der Waals surface area contributed by atoms with E-state index < -0.39 is 5.60 Å². The highest BCUT2D eigenvalue weighted by Gasteiger charge is 2.23. The van der Waals surface area contributed by atoms with Crippen molar-refractivity contribution in [1.82, 2.24) is 4.98 Å². The summed E-state index contributed by atoms with van der Waals surface area (Å²) in [6, 6.07) is 1.77. The van der Waals surface area contributed by atoms with Crippen LogP contribution in [0.2, 0.25) is 0 Å². The van der Waals surface area contributed by atoms with Crippen molar-refractivity contribution >= 4 is 0 Å². The zero-order valence-electron chi connectivity index (χ0n) is 9.36. The number of aromatic nitrogens is 1. The Labute approximate surface area is 89.9 Å². The second kappa shape index (κ2) is 5.09. The number of nitrogens with zero attached hydrogens (tertiary/aromatic N) is 1. The van der Waals surface area contributed by atoms with Gasteiger partial charge in [-0.3, -0.25) is 4.98 Å². The summed E-state index contributed by atoms with van der Waals surface area (Å²) in [7, 11) is 1.55. The average Bonchev–Trinajstić information content (AvgIpc) is 2.19. The van der Waals surface area contributed by atoms with E-state index in [-0.39, 0.29) is 6.61 Å². The second-order valence-corrected chi connectivity index (χ2v) is 3.55. The van der Waals surface area contributed by atoms with Crippen molar-refractivity contribution in [3.05, 3.63) is 24.0 Å². The van der Waals surface area contributed by atoms with E-state index in [0.29, 0.717) is 17.9 Å². The van der Waals surface area contributed by atoms with Crippen LogP contribution in [-0.4, -0.2) is 30.4 Å². The monoisotopic (exact) mass is 211 g/mol. The van der Waals surface area contributed by atoms with Crippen molar-refractivity contribution in [2.24, 2.45) is 0 Å². The summed E-state index contributed by atoms with van der Waals surface area (Å²) in [5, 5.41) is 10.1. The Balaban J connectivity index is 2.88. The maximum Gasteiger partial charge on any atom is 0.137 e. The van der Waals surface area contributed by atoms with Gasteiger partial charge in [-0.1, -0.05) is 0 Å². The molecule has 0 fully saturated rings. The van der Waals surface area contributed by atoms with Gasteiger partial charge in [0.1, 0.15) is 11.4 Å². The van der Waals surface area contributed by atoms with E-state index in [4.69, 9.17) is 9.47 Å². The standard InChI is InChI=1S/C11H17NO3/c1-4-15-10-5-9(6-12-7-10)11(2,13)8-14-3/h5-7,13H,4,8H2,1-3H3. The maximum atomic E-state index is 10.1. The smallest absolute Gasteiger partial charge is 0.137 e. The quantitative estimate of drug-likeness (QED) is 0.798. The summed E-state index contributed by atoms with van der Waals surface area (Å²) < 4.78 is 10.2. The Kier molecular flexibility index (Phi) is 4.05. The second-order valence-electron chi connectivity index (χ2n) is 3.55. The van der Waals surface area contributed by atoms with Crippen LogP contribution in [0.15, 0.2) is 18.5 Å². The number of methoxy groups -OCH3 is 1. The van der Waals surface area contributed by atoms with Gasteiger partial charge in [-0.2, -0.15) is 0 Å². The zero-order valence-corrected chi connectivity index (χ0v) is 9.36. The van der Waals surface area contributed by atoms with E-state index >= 15 is 0 Å². The molecule has 0 saturated heterocycles. The van der Waals surface area contributed by atoms with Crippen molar-refractivity contribution in [1.29, 1.82) is 0 Å². The van der Waals surface area contributed by atoms with Gasteiger partial charge in [0.25, 0.3) is 0 Å². The topological polar surface area (TPSA) is 51.6 Å². The summed E-state index contributed by atoms with van der Waals surface area (Å²) >= 11 is 0. The van der Waals surface area contributed by atoms with E-state index in [9.17, 15) is 5.11 Å². The lowest BCUT2D eigenvalue weighted by molar-refractivity contribution is -0.0211. The average molecular weight is 211 g/mol. The molecule has 0 aliphatic heterocycles. The van der Waals surface area contributed by atoms with Gasteiger partial charge < -0.3 is 14.6 Å². The van der Waals surface area contributed by atoms with Crippen LogP contribution in [-0.2, 0) is 10.3 Å². The normalized spacial score (nSPS) is 14.7. The molecule has 4 nitrogen and oxygen atoms in total. The van der Waals surface area contributed by atoms with Crippen LogP contribution in [0.5, 0.6) is 5.75 Å². The van der Waals surface area contributed by atoms with Crippen LogP contribution in [0, 0.1) is 0 Å². The molecule has 15 heavy (non-hydrogen) atoms. The first-order valence-corrected chi connectivity index (χ1v) is 4.90. The fourth-order valence-electron chi connectivity index (χ4n) is 1.32. The fourth-order valence-corrected chi connectivity index (χ4v) is 1.32. The van der Waals surface area contributed by atoms with Crippen molar-refractivity contribution in [2.75, 3.05) is 20.3 Å². The molecule has 4 heteroatoms. The molecular weight excluding hydrogens is 194 g/mol. The van der Waals surface area contributed by atoms with E-state index in [0.717, 1.165) is 0 Å².